The third-order valence-electron chi connectivity index (χ3n) is 3.52. The van der Waals surface area contributed by atoms with Crippen molar-refractivity contribution in [1.82, 2.24) is 9.97 Å². The third kappa shape index (κ3) is 2.06. The van der Waals surface area contributed by atoms with Gasteiger partial charge in [-0.25, -0.2) is 9.37 Å². The van der Waals surface area contributed by atoms with E-state index in [-0.39, 0.29) is 22.9 Å². The monoisotopic (exact) mass is 278 g/mol. The highest BCUT2D eigenvalue weighted by molar-refractivity contribution is 6.30. The van der Waals surface area contributed by atoms with Crippen molar-refractivity contribution in [1.29, 1.82) is 0 Å². The molecule has 1 heterocycles. The third-order valence-corrected chi connectivity index (χ3v) is 3.76. The van der Waals surface area contributed by atoms with Crippen LogP contribution in [0.4, 0.5) is 4.39 Å². The zero-order valence-electron chi connectivity index (χ0n) is 10.3. The minimum absolute atomic E-state index is 0.177. The van der Waals surface area contributed by atoms with Gasteiger partial charge < -0.3 is 4.98 Å². The number of aromatic amines is 1. The van der Waals surface area contributed by atoms with Gasteiger partial charge >= 0.3 is 0 Å². The molecule has 2 aromatic rings. The lowest BCUT2D eigenvalue weighted by Gasteiger charge is -2.07. The number of hydrogen-bond acceptors (Lipinski definition) is 2. The molecule has 0 radical (unpaired) electrons. The Morgan fingerprint density at radius 3 is 3.05 bits per heavy atom. The molecule has 0 bridgehead atoms. The molecule has 1 aliphatic carbocycles. The number of benzene rings is 1. The standard InChI is InChI=1S/C14H12ClFN2O/c1-7-2-5-11-12(7)14(19)18-13(17-11)9-6-8(15)3-4-10(9)16/h3-4,6-7H,2,5H2,1H3,(H,17,18,19). The molecule has 1 atom stereocenters. The van der Waals surface area contributed by atoms with Crippen molar-refractivity contribution in [3.63, 3.8) is 0 Å². The first-order chi connectivity index (χ1) is 9.06. The van der Waals surface area contributed by atoms with Gasteiger partial charge in [-0.3, -0.25) is 4.79 Å². The molecule has 1 aliphatic rings. The molecule has 0 aliphatic heterocycles. The molecule has 3 nitrogen and oxygen atoms in total. The van der Waals surface area contributed by atoms with Crippen molar-refractivity contribution in [2.45, 2.75) is 25.7 Å². The SMILES string of the molecule is CC1CCc2nc(-c3cc(Cl)ccc3F)[nH]c(=O)c21. The van der Waals surface area contributed by atoms with Gasteiger partial charge in [-0.2, -0.15) is 0 Å². The lowest BCUT2D eigenvalue weighted by Crippen LogP contribution is -2.16. The molecule has 1 aromatic carbocycles. The van der Waals surface area contributed by atoms with Crippen LogP contribution in [0.3, 0.4) is 0 Å². The summed E-state index contributed by atoms with van der Waals surface area (Å²) >= 11 is 5.86. The highest BCUT2D eigenvalue weighted by atomic mass is 35.5. The molecule has 19 heavy (non-hydrogen) atoms. The van der Waals surface area contributed by atoms with E-state index in [2.05, 4.69) is 9.97 Å². The van der Waals surface area contributed by atoms with Crippen molar-refractivity contribution >= 4 is 11.6 Å². The fraction of sp³-hybridized carbons (Fsp3) is 0.286. The highest BCUT2D eigenvalue weighted by Crippen LogP contribution is 2.30. The molecule has 0 fully saturated rings. The molecule has 1 aromatic heterocycles. The van der Waals surface area contributed by atoms with Crippen LogP contribution in [-0.4, -0.2) is 9.97 Å². The summed E-state index contributed by atoms with van der Waals surface area (Å²) in [6.07, 6.45) is 1.67. The molecular formula is C14H12ClFN2O. The van der Waals surface area contributed by atoms with Crippen molar-refractivity contribution in [2.24, 2.45) is 0 Å². The van der Waals surface area contributed by atoms with E-state index in [4.69, 9.17) is 11.6 Å². The van der Waals surface area contributed by atoms with Crippen LogP contribution < -0.4 is 5.56 Å². The maximum Gasteiger partial charge on any atom is 0.254 e. The Bertz CT molecular complexity index is 711. The zero-order valence-corrected chi connectivity index (χ0v) is 11.1. The van der Waals surface area contributed by atoms with Crippen LogP contribution in [0.25, 0.3) is 11.4 Å². The van der Waals surface area contributed by atoms with Gasteiger partial charge in [0.05, 0.1) is 11.3 Å². The Morgan fingerprint density at radius 1 is 1.47 bits per heavy atom. The van der Waals surface area contributed by atoms with E-state index in [0.717, 1.165) is 24.1 Å². The van der Waals surface area contributed by atoms with Gasteiger partial charge in [-0.1, -0.05) is 18.5 Å². The number of fused-ring (bicyclic) bond motifs is 1. The average molecular weight is 279 g/mol. The summed E-state index contributed by atoms with van der Waals surface area (Å²) in [4.78, 5) is 19.1. The first kappa shape index (κ1) is 12.4. The number of nitrogens with zero attached hydrogens (tertiary/aromatic N) is 1. The number of nitrogens with one attached hydrogen (secondary N) is 1. The zero-order chi connectivity index (χ0) is 13.6. The van der Waals surface area contributed by atoms with E-state index in [9.17, 15) is 9.18 Å². The number of halogens is 2. The second-order valence-corrected chi connectivity index (χ2v) is 5.28. The maximum atomic E-state index is 13.8. The van der Waals surface area contributed by atoms with Crippen LogP contribution in [0.5, 0.6) is 0 Å². The summed E-state index contributed by atoms with van der Waals surface area (Å²) in [6, 6.07) is 4.21. The van der Waals surface area contributed by atoms with Crippen molar-refractivity contribution in [3.8, 4) is 11.4 Å². The summed E-state index contributed by atoms with van der Waals surface area (Å²) < 4.78 is 13.8. The molecule has 5 heteroatoms. The predicted molar refractivity (Wildman–Crippen MR) is 72.0 cm³/mol. The van der Waals surface area contributed by atoms with Crippen LogP contribution in [0.2, 0.25) is 5.02 Å². The van der Waals surface area contributed by atoms with Crippen molar-refractivity contribution in [3.05, 3.63) is 50.7 Å². The van der Waals surface area contributed by atoms with Gasteiger partial charge in [-0.15, -0.1) is 0 Å². The Morgan fingerprint density at radius 2 is 2.26 bits per heavy atom. The summed E-state index contributed by atoms with van der Waals surface area (Å²) in [7, 11) is 0. The number of aromatic nitrogens is 2. The van der Waals surface area contributed by atoms with Crippen LogP contribution in [0, 0.1) is 5.82 Å². The van der Waals surface area contributed by atoms with E-state index in [0.29, 0.717) is 5.02 Å². The van der Waals surface area contributed by atoms with Crippen molar-refractivity contribution in [2.75, 3.05) is 0 Å². The molecule has 1 unspecified atom stereocenters. The minimum atomic E-state index is -0.446. The Hall–Kier alpha value is -1.68. The fourth-order valence-electron chi connectivity index (χ4n) is 2.53. The highest BCUT2D eigenvalue weighted by Gasteiger charge is 2.24. The molecule has 98 valence electrons. The van der Waals surface area contributed by atoms with Crippen LogP contribution >= 0.6 is 11.6 Å². The fourth-order valence-corrected chi connectivity index (χ4v) is 2.70. The molecule has 3 rings (SSSR count). The van der Waals surface area contributed by atoms with E-state index >= 15 is 0 Å². The molecule has 0 amide bonds. The van der Waals surface area contributed by atoms with Crippen LogP contribution in [0.15, 0.2) is 23.0 Å². The molecule has 0 saturated carbocycles. The predicted octanol–water partition coefficient (Wildman–Crippen LogP) is 3.28. The lowest BCUT2D eigenvalue weighted by molar-refractivity contribution is 0.629. The summed E-state index contributed by atoms with van der Waals surface area (Å²) in [6.45, 7) is 2.00. The quantitative estimate of drug-likeness (QED) is 0.870. The average Bonchev–Trinajstić information content (AvgIpc) is 2.74. The smallest absolute Gasteiger partial charge is 0.254 e. The van der Waals surface area contributed by atoms with Crippen molar-refractivity contribution < 1.29 is 4.39 Å². The van der Waals surface area contributed by atoms with Gasteiger partial charge in [-0.05, 0) is 37.0 Å². The first-order valence-corrected chi connectivity index (χ1v) is 6.52. The number of H-pyrrole nitrogens is 1. The second kappa shape index (κ2) is 4.46. The maximum absolute atomic E-state index is 13.8. The van der Waals surface area contributed by atoms with E-state index in [1.54, 1.807) is 0 Å². The minimum Gasteiger partial charge on any atom is -0.306 e. The first-order valence-electron chi connectivity index (χ1n) is 6.15. The number of hydrogen-bond donors (Lipinski definition) is 1. The molecular weight excluding hydrogens is 267 g/mol. The number of aryl methyl sites for hydroxylation is 1. The largest absolute Gasteiger partial charge is 0.306 e. The Labute approximate surface area is 114 Å². The second-order valence-electron chi connectivity index (χ2n) is 4.84. The summed E-state index contributed by atoms with van der Waals surface area (Å²) in [5.74, 6) is 0.0147. The molecule has 1 N–H and O–H groups in total. The molecule has 0 saturated heterocycles. The molecule has 0 spiro atoms. The topological polar surface area (TPSA) is 45.8 Å². The Balaban J connectivity index is 2.20. The van der Waals surface area contributed by atoms with Gasteiger partial charge in [0.25, 0.3) is 5.56 Å². The van der Waals surface area contributed by atoms with Crippen LogP contribution in [-0.2, 0) is 6.42 Å². The van der Waals surface area contributed by atoms with Gasteiger partial charge in [0, 0.05) is 10.6 Å². The van der Waals surface area contributed by atoms with Gasteiger partial charge in [0.1, 0.15) is 11.6 Å². The van der Waals surface area contributed by atoms with E-state index in [1.807, 2.05) is 6.92 Å². The van der Waals surface area contributed by atoms with Gasteiger partial charge in [0.15, 0.2) is 0 Å². The normalized spacial score (nSPS) is 17.5. The van der Waals surface area contributed by atoms with Gasteiger partial charge in [0.2, 0.25) is 0 Å². The summed E-state index contributed by atoms with van der Waals surface area (Å²) in [5, 5.41) is 0.410. The lowest BCUT2D eigenvalue weighted by atomic mass is 10.1. The number of rotatable bonds is 1. The van der Waals surface area contributed by atoms with E-state index in [1.165, 1.54) is 18.2 Å². The van der Waals surface area contributed by atoms with E-state index < -0.39 is 5.82 Å². The summed E-state index contributed by atoms with van der Waals surface area (Å²) in [5.41, 5.74) is 1.55. The van der Waals surface area contributed by atoms with Crippen LogP contribution in [0.1, 0.15) is 30.5 Å². The Kier molecular flexibility index (Phi) is 2.90.